The summed E-state index contributed by atoms with van der Waals surface area (Å²) >= 11 is 0. The molecular formula is C12H12FN3. The number of hydrogen-bond acceptors (Lipinski definition) is 2. The summed E-state index contributed by atoms with van der Waals surface area (Å²) in [7, 11) is 0. The summed E-state index contributed by atoms with van der Waals surface area (Å²) < 4.78 is 13.6. The Morgan fingerprint density at radius 1 is 1.31 bits per heavy atom. The standard InChI is InChI=1S/C12H12FN3/c13-10-3-1-2-9-8(4-6-14-12(9)10)11-5-7-15-16-11/h1-3,5,7-8,14H,4,6H2,(H,15,16). The highest BCUT2D eigenvalue weighted by Crippen LogP contribution is 2.36. The molecule has 4 heteroatoms. The number of nitrogens with zero attached hydrogens (tertiary/aromatic N) is 1. The molecule has 3 nitrogen and oxygen atoms in total. The Labute approximate surface area is 92.7 Å². The van der Waals surface area contributed by atoms with E-state index < -0.39 is 0 Å². The first-order chi connectivity index (χ1) is 7.86. The predicted octanol–water partition coefficient (Wildman–Crippen LogP) is 2.50. The average Bonchev–Trinajstić information content (AvgIpc) is 2.82. The van der Waals surface area contributed by atoms with Gasteiger partial charge in [-0.2, -0.15) is 5.10 Å². The molecule has 0 amide bonds. The van der Waals surface area contributed by atoms with Crippen molar-refractivity contribution < 1.29 is 4.39 Å². The largest absolute Gasteiger partial charge is 0.382 e. The number of aromatic amines is 1. The molecule has 2 aromatic rings. The summed E-state index contributed by atoms with van der Waals surface area (Å²) in [5.74, 6) is 0.0381. The van der Waals surface area contributed by atoms with E-state index in [0.29, 0.717) is 5.69 Å². The van der Waals surface area contributed by atoms with Gasteiger partial charge in [0.2, 0.25) is 0 Å². The van der Waals surface area contributed by atoms with Crippen LogP contribution in [0.15, 0.2) is 30.5 Å². The van der Waals surface area contributed by atoms with E-state index in [9.17, 15) is 4.39 Å². The van der Waals surface area contributed by atoms with Crippen molar-refractivity contribution in [3.05, 3.63) is 47.5 Å². The van der Waals surface area contributed by atoms with Gasteiger partial charge in [0, 0.05) is 24.4 Å². The van der Waals surface area contributed by atoms with E-state index in [1.807, 2.05) is 12.1 Å². The zero-order valence-corrected chi connectivity index (χ0v) is 8.70. The Hall–Kier alpha value is -1.84. The maximum Gasteiger partial charge on any atom is 0.146 e. The topological polar surface area (TPSA) is 40.7 Å². The van der Waals surface area contributed by atoms with E-state index in [2.05, 4.69) is 15.5 Å². The lowest BCUT2D eigenvalue weighted by Gasteiger charge is -2.26. The predicted molar refractivity (Wildman–Crippen MR) is 59.9 cm³/mol. The van der Waals surface area contributed by atoms with Gasteiger partial charge in [-0.15, -0.1) is 0 Å². The van der Waals surface area contributed by atoms with Crippen molar-refractivity contribution in [2.45, 2.75) is 12.3 Å². The first-order valence-electron chi connectivity index (χ1n) is 5.38. The van der Waals surface area contributed by atoms with Crippen molar-refractivity contribution >= 4 is 5.69 Å². The molecule has 0 fully saturated rings. The quantitative estimate of drug-likeness (QED) is 0.770. The number of para-hydroxylation sites is 1. The molecule has 0 spiro atoms. The lowest BCUT2D eigenvalue weighted by atomic mass is 9.88. The number of H-pyrrole nitrogens is 1. The Bertz CT molecular complexity index is 493. The van der Waals surface area contributed by atoms with Crippen LogP contribution >= 0.6 is 0 Å². The number of aromatic nitrogens is 2. The molecule has 1 atom stereocenters. The molecule has 1 aliphatic heterocycles. The smallest absolute Gasteiger partial charge is 0.146 e. The normalized spacial score (nSPS) is 18.9. The van der Waals surface area contributed by atoms with Crippen LogP contribution in [0.4, 0.5) is 10.1 Å². The maximum atomic E-state index is 13.6. The summed E-state index contributed by atoms with van der Waals surface area (Å²) in [6.07, 6.45) is 2.69. The number of rotatable bonds is 1. The third-order valence-corrected chi connectivity index (χ3v) is 3.05. The molecule has 1 aromatic heterocycles. The highest BCUT2D eigenvalue weighted by atomic mass is 19.1. The molecule has 0 bridgehead atoms. The fourth-order valence-corrected chi connectivity index (χ4v) is 2.30. The number of anilines is 1. The monoisotopic (exact) mass is 217 g/mol. The lowest BCUT2D eigenvalue weighted by molar-refractivity contribution is 0.612. The van der Waals surface area contributed by atoms with Crippen LogP contribution in [-0.4, -0.2) is 16.7 Å². The minimum Gasteiger partial charge on any atom is -0.382 e. The highest BCUT2D eigenvalue weighted by molar-refractivity contribution is 5.57. The number of nitrogens with one attached hydrogen (secondary N) is 2. The van der Waals surface area contributed by atoms with Gasteiger partial charge in [-0.1, -0.05) is 12.1 Å². The lowest BCUT2D eigenvalue weighted by Crippen LogP contribution is -2.19. The van der Waals surface area contributed by atoms with Crippen molar-refractivity contribution in [2.24, 2.45) is 0 Å². The van der Waals surface area contributed by atoms with Gasteiger partial charge in [0.1, 0.15) is 5.82 Å². The number of fused-ring (bicyclic) bond motifs is 1. The Balaban J connectivity index is 2.10. The van der Waals surface area contributed by atoms with Gasteiger partial charge in [-0.05, 0) is 24.1 Å². The molecule has 16 heavy (non-hydrogen) atoms. The number of hydrogen-bond donors (Lipinski definition) is 2. The zero-order valence-electron chi connectivity index (χ0n) is 8.70. The van der Waals surface area contributed by atoms with Gasteiger partial charge >= 0.3 is 0 Å². The van der Waals surface area contributed by atoms with Crippen molar-refractivity contribution in [2.75, 3.05) is 11.9 Å². The fourth-order valence-electron chi connectivity index (χ4n) is 2.30. The average molecular weight is 217 g/mol. The van der Waals surface area contributed by atoms with Gasteiger partial charge in [0.25, 0.3) is 0 Å². The summed E-state index contributed by atoms with van der Waals surface area (Å²) in [4.78, 5) is 0. The van der Waals surface area contributed by atoms with E-state index in [0.717, 1.165) is 24.2 Å². The summed E-state index contributed by atoms with van der Waals surface area (Å²) in [5, 5.41) is 10.0. The van der Waals surface area contributed by atoms with Gasteiger partial charge in [0.05, 0.1) is 5.69 Å². The van der Waals surface area contributed by atoms with Crippen LogP contribution in [0, 0.1) is 5.82 Å². The van der Waals surface area contributed by atoms with Crippen molar-refractivity contribution in [3.8, 4) is 0 Å². The second kappa shape index (κ2) is 3.63. The molecule has 0 saturated heterocycles. The highest BCUT2D eigenvalue weighted by Gasteiger charge is 2.24. The minimum absolute atomic E-state index is 0.179. The van der Waals surface area contributed by atoms with Crippen molar-refractivity contribution in [3.63, 3.8) is 0 Å². The van der Waals surface area contributed by atoms with Gasteiger partial charge in [0.15, 0.2) is 0 Å². The Kier molecular flexibility index (Phi) is 2.13. The molecule has 3 rings (SSSR count). The van der Waals surface area contributed by atoms with Crippen molar-refractivity contribution in [1.29, 1.82) is 0 Å². The van der Waals surface area contributed by atoms with E-state index in [1.54, 1.807) is 12.3 Å². The molecule has 1 aromatic carbocycles. The Morgan fingerprint density at radius 2 is 2.25 bits per heavy atom. The van der Waals surface area contributed by atoms with Crippen LogP contribution < -0.4 is 5.32 Å². The van der Waals surface area contributed by atoms with Crippen LogP contribution in [0.3, 0.4) is 0 Å². The number of benzene rings is 1. The third kappa shape index (κ3) is 1.38. The molecule has 82 valence electrons. The number of halogens is 1. The molecule has 2 heterocycles. The first kappa shape index (κ1) is 9.39. The van der Waals surface area contributed by atoms with E-state index in [1.165, 1.54) is 6.07 Å². The fraction of sp³-hybridized carbons (Fsp3) is 0.250. The van der Waals surface area contributed by atoms with E-state index in [-0.39, 0.29) is 11.7 Å². The van der Waals surface area contributed by atoms with Gasteiger partial charge in [-0.25, -0.2) is 4.39 Å². The van der Waals surface area contributed by atoms with Crippen LogP contribution in [-0.2, 0) is 0 Å². The van der Waals surface area contributed by atoms with Crippen LogP contribution in [0.5, 0.6) is 0 Å². The zero-order chi connectivity index (χ0) is 11.0. The van der Waals surface area contributed by atoms with E-state index >= 15 is 0 Å². The molecule has 2 N–H and O–H groups in total. The van der Waals surface area contributed by atoms with Crippen LogP contribution in [0.2, 0.25) is 0 Å². The molecule has 1 aliphatic rings. The van der Waals surface area contributed by atoms with Crippen LogP contribution in [0.1, 0.15) is 23.6 Å². The SMILES string of the molecule is Fc1cccc2c1NCCC2c1ccn[nH]1. The minimum atomic E-state index is -0.179. The molecule has 0 radical (unpaired) electrons. The molecule has 0 aliphatic carbocycles. The second-order valence-corrected chi connectivity index (χ2v) is 3.98. The second-order valence-electron chi connectivity index (χ2n) is 3.98. The summed E-state index contributed by atoms with van der Waals surface area (Å²) in [6.45, 7) is 0.789. The third-order valence-electron chi connectivity index (χ3n) is 3.05. The molecule has 1 unspecified atom stereocenters. The summed E-state index contributed by atoms with van der Waals surface area (Å²) in [5.41, 5.74) is 2.69. The van der Waals surface area contributed by atoms with Gasteiger partial charge in [-0.3, -0.25) is 5.10 Å². The Morgan fingerprint density at radius 3 is 3.06 bits per heavy atom. The molecule has 0 saturated carbocycles. The van der Waals surface area contributed by atoms with Crippen molar-refractivity contribution in [1.82, 2.24) is 10.2 Å². The first-order valence-corrected chi connectivity index (χ1v) is 5.38. The van der Waals surface area contributed by atoms with Crippen LogP contribution in [0.25, 0.3) is 0 Å². The van der Waals surface area contributed by atoms with Gasteiger partial charge < -0.3 is 5.32 Å². The molecular weight excluding hydrogens is 205 g/mol. The summed E-state index contributed by atoms with van der Waals surface area (Å²) in [6, 6.07) is 7.16. The van der Waals surface area contributed by atoms with E-state index in [4.69, 9.17) is 0 Å². The maximum absolute atomic E-state index is 13.6.